The Morgan fingerprint density at radius 1 is 1.20 bits per heavy atom. The fourth-order valence-corrected chi connectivity index (χ4v) is 4.29. The Morgan fingerprint density at radius 3 is 2.35 bits per heavy atom. The first kappa shape index (κ1) is 13.8. The van der Waals surface area contributed by atoms with Crippen LogP contribution >= 0.6 is 11.3 Å². The van der Waals surface area contributed by atoms with Gasteiger partial charge in [0.15, 0.2) is 0 Å². The summed E-state index contributed by atoms with van der Waals surface area (Å²) < 4.78 is 0. The summed E-state index contributed by atoms with van der Waals surface area (Å²) in [5.74, 6) is 0. The van der Waals surface area contributed by atoms with Gasteiger partial charge in [-0.2, -0.15) is 0 Å². The predicted molar refractivity (Wildman–Crippen MR) is 84.0 cm³/mol. The van der Waals surface area contributed by atoms with Crippen LogP contribution in [0.4, 0.5) is 0 Å². The zero-order chi connectivity index (χ0) is 14.2. The lowest BCUT2D eigenvalue weighted by molar-refractivity contribution is 0.0387. The molecule has 3 heteroatoms. The van der Waals surface area contributed by atoms with E-state index in [-0.39, 0.29) is 5.41 Å². The standard InChI is InChI=1S/C17H21NOS/c1-2-14-7-8-15(20-14)16(19)17(11-18)9-12-5-3-4-6-13(12)10-17/h3-8,16,19H,2,9-11,18H2,1H3. The lowest BCUT2D eigenvalue weighted by Crippen LogP contribution is -2.37. The summed E-state index contributed by atoms with van der Waals surface area (Å²) in [4.78, 5) is 2.38. The molecule has 0 fully saturated rings. The molecule has 1 aliphatic rings. The van der Waals surface area contributed by atoms with Gasteiger partial charge in [-0.25, -0.2) is 0 Å². The minimum atomic E-state index is -0.467. The number of aryl methyl sites for hydroxylation is 1. The van der Waals surface area contributed by atoms with Crippen molar-refractivity contribution in [2.24, 2.45) is 11.1 Å². The second-order valence-electron chi connectivity index (χ2n) is 5.75. The molecular formula is C17H21NOS. The molecule has 0 spiro atoms. The smallest absolute Gasteiger partial charge is 0.0956 e. The maximum absolute atomic E-state index is 10.9. The molecule has 3 N–H and O–H groups in total. The Balaban J connectivity index is 1.91. The average molecular weight is 287 g/mol. The van der Waals surface area contributed by atoms with Crippen molar-refractivity contribution in [3.8, 4) is 0 Å². The number of aliphatic hydroxyl groups excluding tert-OH is 1. The summed E-state index contributed by atoms with van der Waals surface area (Å²) in [7, 11) is 0. The summed E-state index contributed by atoms with van der Waals surface area (Å²) in [6, 6.07) is 12.6. The van der Waals surface area contributed by atoms with Crippen molar-refractivity contribution in [3.63, 3.8) is 0 Å². The number of aliphatic hydroxyl groups is 1. The topological polar surface area (TPSA) is 46.2 Å². The summed E-state index contributed by atoms with van der Waals surface area (Å²) >= 11 is 1.71. The van der Waals surface area contributed by atoms with Gasteiger partial charge in [0.1, 0.15) is 0 Å². The molecule has 20 heavy (non-hydrogen) atoms. The monoisotopic (exact) mass is 287 g/mol. The molecule has 1 aromatic heterocycles. The molecule has 1 aliphatic carbocycles. The van der Waals surface area contributed by atoms with E-state index in [1.807, 2.05) is 0 Å². The molecule has 3 rings (SSSR count). The van der Waals surface area contributed by atoms with Gasteiger partial charge in [-0.05, 0) is 42.5 Å². The van der Waals surface area contributed by atoms with Crippen LogP contribution in [0.15, 0.2) is 36.4 Å². The van der Waals surface area contributed by atoms with E-state index < -0.39 is 6.10 Å². The van der Waals surface area contributed by atoms with Crippen molar-refractivity contribution < 1.29 is 5.11 Å². The maximum Gasteiger partial charge on any atom is 0.0956 e. The highest BCUT2D eigenvalue weighted by atomic mass is 32.1. The van der Waals surface area contributed by atoms with Gasteiger partial charge < -0.3 is 10.8 Å². The van der Waals surface area contributed by atoms with Crippen molar-refractivity contribution in [3.05, 3.63) is 57.3 Å². The predicted octanol–water partition coefficient (Wildman–Crippen LogP) is 3.09. The zero-order valence-corrected chi connectivity index (χ0v) is 12.6. The van der Waals surface area contributed by atoms with Gasteiger partial charge in [0.05, 0.1) is 6.10 Å². The summed E-state index contributed by atoms with van der Waals surface area (Å²) in [6.45, 7) is 2.66. The lowest BCUT2D eigenvalue weighted by atomic mass is 9.78. The van der Waals surface area contributed by atoms with Gasteiger partial charge >= 0.3 is 0 Å². The molecule has 0 saturated carbocycles. The third kappa shape index (κ3) is 2.20. The second kappa shape index (κ2) is 5.32. The van der Waals surface area contributed by atoms with E-state index >= 15 is 0 Å². The van der Waals surface area contributed by atoms with E-state index in [4.69, 9.17) is 5.73 Å². The number of benzene rings is 1. The number of nitrogens with two attached hydrogens (primary N) is 1. The van der Waals surface area contributed by atoms with Crippen LogP contribution in [-0.4, -0.2) is 11.7 Å². The van der Waals surface area contributed by atoms with Crippen molar-refractivity contribution in [2.75, 3.05) is 6.54 Å². The van der Waals surface area contributed by atoms with Crippen molar-refractivity contribution in [2.45, 2.75) is 32.3 Å². The summed E-state index contributed by atoms with van der Waals surface area (Å²) in [6.07, 6.45) is 2.30. The molecule has 2 nitrogen and oxygen atoms in total. The Kier molecular flexibility index (Phi) is 3.67. The zero-order valence-electron chi connectivity index (χ0n) is 11.8. The molecule has 1 aromatic carbocycles. The first-order chi connectivity index (χ1) is 9.68. The van der Waals surface area contributed by atoms with Crippen molar-refractivity contribution in [1.82, 2.24) is 0 Å². The normalized spacial score (nSPS) is 17.9. The summed E-state index contributed by atoms with van der Waals surface area (Å²) in [5.41, 5.74) is 8.51. The van der Waals surface area contributed by atoms with Crippen LogP contribution in [0.1, 0.15) is 33.9 Å². The Morgan fingerprint density at radius 2 is 1.85 bits per heavy atom. The van der Waals surface area contributed by atoms with Crippen LogP contribution in [0, 0.1) is 5.41 Å². The van der Waals surface area contributed by atoms with Crippen LogP contribution in [-0.2, 0) is 19.3 Å². The van der Waals surface area contributed by atoms with Crippen LogP contribution in [0.5, 0.6) is 0 Å². The van der Waals surface area contributed by atoms with E-state index in [2.05, 4.69) is 43.3 Å². The average Bonchev–Trinajstić information content (AvgIpc) is 3.11. The Bertz CT molecular complexity index is 580. The molecule has 0 amide bonds. The van der Waals surface area contributed by atoms with Crippen LogP contribution in [0.3, 0.4) is 0 Å². The van der Waals surface area contributed by atoms with E-state index in [0.717, 1.165) is 24.1 Å². The molecule has 106 valence electrons. The maximum atomic E-state index is 10.9. The second-order valence-corrected chi connectivity index (χ2v) is 6.95. The Labute approximate surface area is 124 Å². The van der Waals surface area contributed by atoms with E-state index in [1.54, 1.807) is 11.3 Å². The third-order valence-electron chi connectivity index (χ3n) is 4.49. The summed E-state index contributed by atoms with van der Waals surface area (Å²) in [5, 5.41) is 10.9. The van der Waals surface area contributed by atoms with E-state index in [9.17, 15) is 5.11 Å². The van der Waals surface area contributed by atoms with Gasteiger partial charge in [-0.15, -0.1) is 11.3 Å². The highest BCUT2D eigenvalue weighted by molar-refractivity contribution is 7.12. The Hall–Kier alpha value is -1.16. The van der Waals surface area contributed by atoms with Gasteiger partial charge in [-0.3, -0.25) is 0 Å². The molecule has 1 unspecified atom stereocenters. The molecule has 0 aliphatic heterocycles. The molecular weight excluding hydrogens is 266 g/mol. The minimum absolute atomic E-state index is 0.237. The fraction of sp³-hybridized carbons (Fsp3) is 0.412. The first-order valence-corrected chi connectivity index (χ1v) is 8.04. The fourth-order valence-electron chi connectivity index (χ4n) is 3.21. The van der Waals surface area contributed by atoms with E-state index in [1.165, 1.54) is 16.0 Å². The van der Waals surface area contributed by atoms with Gasteiger partial charge in [-0.1, -0.05) is 31.2 Å². The largest absolute Gasteiger partial charge is 0.387 e. The molecule has 0 bridgehead atoms. The van der Waals surface area contributed by atoms with Gasteiger partial charge in [0, 0.05) is 21.7 Å². The minimum Gasteiger partial charge on any atom is -0.387 e. The lowest BCUT2D eigenvalue weighted by Gasteiger charge is -2.32. The van der Waals surface area contributed by atoms with Crippen molar-refractivity contribution >= 4 is 11.3 Å². The molecule has 2 aromatic rings. The molecule has 1 heterocycles. The quantitative estimate of drug-likeness (QED) is 0.907. The van der Waals surface area contributed by atoms with Crippen LogP contribution in [0.2, 0.25) is 0 Å². The van der Waals surface area contributed by atoms with Crippen LogP contribution in [0.25, 0.3) is 0 Å². The number of fused-ring (bicyclic) bond motifs is 1. The van der Waals surface area contributed by atoms with Crippen molar-refractivity contribution in [1.29, 1.82) is 0 Å². The number of rotatable bonds is 4. The number of hydrogen-bond acceptors (Lipinski definition) is 3. The highest BCUT2D eigenvalue weighted by Gasteiger charge is 2.43. The number of hydrogen-bond donors (Lipinski definition) is 2. The van der Waals surface area contributed by atoms with Crippen LogP contribution < -0.4 is 5.73 Å². The highest BCUT2D eigenvalue weighted by Crippen LogP contribution is 2.46. The number of thiophene rings is 1. The third-order valence-corrected chi connectivity index (χ3v) is 5.77. The van der Waals surface area contributed by atoms with Gasteiger partial charge in [0.2, 0.25) is 0 Å². The molecule has 1 atom stereocenters. The van der Waals surface area contributed by atoms with Gasteiger partial charge in [0.25, 0.3) is 0 Å². The first-order valence-electron chi connectivity index (χ1n) is 7.22. The molecule has 0 saturated heterocycles. The molecule has 0 radical (unpaired) electrons. The van der Waals surface area contributed by atoms with E-state index in [0.29, 0.717) is 6.54 Å². The SMILES string of the molecule is CCc1ccc(C(O)C2(CN)Cc3ccccc3C2)s1.